The molecule has 3 heterocycles. The highest BCUT2D eigenvalue weighted by Crippen LogP contribution is 2.30. The summed E-state index contributed by atoms with van der Waals surface area (Å²) in [4.78, 5) is 21.4. The van der Waals surface area contributed by atoms with Gasteiger partial charge in [0, 0.05) is 48.6 Å². The van der Waals surface area contributed by atoms with Gasteiger partial charge in [-0.2, -0.15) is 5.10 Å². The Kier molecular flexibility index (Phi) is 6.24. The second-order valence-electron chi connectivity index (χ2n) is 6.42. The van der Waals surface area contributed by atoms with Crippen LogP contribution in [0.1, 0.15) is 28.9 Å². The van der Waals surface area contributed by atoms with Gasteiger partial charge in [-0.05, 0) is 31.3 Å². The van der Waals surface area contributed by atoms with Gasteiger partial charge in [0.1, 0.15) is 11.4 Å². The summed E-state index contributed by atoms with van der Waals surface area (Å²) in [5.41, 5.74) is 1.51. The normalized spacial score (nSPS) is 11.1. The number of carbonyl (C=O) groups is 1. The third-order valence-corrected chi connectivity index (χ3v) is 5.79. The van der Waals surface area contributed by atoms with Crippen molar-refractivity contribution in [3.8, 4) is 0 Å². The largest absolute Gasteiger partial charge is 0.451 e. The van der Waals surface area contributed by atoms with Crippen LogP contribution in [0.4, 0.5) is 0 Å². The zero-order valence-electron chi connectivity index (χ0n) is 16.3. The molecule has 0 radical (unpaired) electrons. The first-order valence-electron chi connectivity index (χ1n) is 9.50. The molecule has 0 unspecified atom stereocenters. The maximum atomic E-state index is 12.9. The monoisotopic (exact) mass is 440 g/mol. The smallest absolute Gasteiger partial charge is 0.287 e. The van der Waals surface area contributed by atoms with Crippen molar-refractivity contribution in [2.75, 3.05) is 6.54 Å². The van der Waals surface area contributed by atoms with Gasteiger partial charge in [-0.25, -0.2) is 9.97 Å². The van der Waals surface area contributed by atoms with Crippen LogP contribution < -0.4 is 5.32 Å². The Bertz CT molecular complexity index is 1210. The number of amides is 1. The van der Waals surface area contributed by atoms with Gasteiger partial charge in [-0.3, -0.25) is 9.89 Å². The summed E-state index contributed by atoms with van der Waals surface area (Å²) in [6, 6.07) is 9.40. The first kappa shape index (κ1) is 20.3. The molecular formula is C20H20N6O2S2. The van der Waals surface area contributed by atoms with Gasteiger partial charge in [0.05, 0.1) is 0 Å². The summed E-state index contributed by atoms with van der Waals surface area (Å²) in [6.07, 6.45) is 3.96. The van der Waals surface area contributed by atoms with Crippen LogP contribution in [0.15, 0.2) is 52.3 Å². The van der Waals surface area contributed by atoms with Crippen molar-refractivity contribution in [2.45, 2.75) is 30.8 Å². The number of aromatic amines is 1. The van der Waals surface area contributed by atoms with Crippen LogP contribution in [-0.2, 0) is 18.7 Å². The van der Waals surface area contributed by atoms with Gasteiger partial charge in [0.2, 0.25) is 0 Å². The molecule has 4 aromatic rings. The third-order valence-electron chi connectivity index (χ3n) is 4.58. The number of furan rings is 1. The minimum Gasteiger partial charge on any atom is -0.451 e. The van der Waals surface area contributed by atoms with E-state index in [1.807, 2.05) is 35.8 Å². The highest BCUT2D eigenvalue weighted by molar-refractivity contribution is 7.98. The molecule has 0 aliphatic heterocycles. The number of aromatic nitrogens is 5. The summed E-state index contributed by atoms with van der Waals surface area (Å²) in [6.45, 7) is 3.15. The van der Waals surface area contributed by atoms with Crippen LogP contribution in [0.25, 0.3) is 11.0 Å². The average Bonchev–Trinajstić information content (AvgIpc) is 3.33. The lowest BCUT2D eigenvalue weighted by atomic mass is 10.1. The van der Waals surface area contributed by atoms with Crippen LogP contribution in [0.5, 0.6) is 0 Å². The number of nitrogens with zero attached hydrogens (tertiary/aromatic N) is 4. The standard InChI is InChI=1S/C20H20N6O2S2/c1-2-26-16(24-25-20(26)29)8-11-21-18(27)17-14(12-30-19-22-9-5-10-23-19)13-6-3-4-7-15(13)28-17/h3-7,9-10H,2,8,11-12H2,1H3,(H,21,27)(H,25,29). The SMILES string of the molecule is CCn1c(CCNC(=O)c2oc3ccccc3c2CSc2ncccn2)n[nH]c1=S. The summed E-state index contributed by atoms with van der Waals surface area (Å²) < 4.78 is 8.38. The number of hydrogen-bond donors (Lipinski definition) is 2. The van der Waals surface area contributed by atoms with Gasteiger partial charge in [0.15, 0.2) is 15.7 Å². The fraction of sp³-hybridized carbons (Fsp3) is 0.250. The minimum absolute atomic E-state index is 0.257. The summed E-state index contributed by atoms with van der Waals surface area (Å²) >= 11 is 6.67. The van der Waals surface area contributed by atoms with Crippen LogP contribution >= 0.6 is 24.0 Å². The lowest BCUT2D eigenvalue weighted by Crippen LogP contribution is -2.27. The second-order valence-corrected chi connectivity index (χ2v) is 7.75. The molecule has 0 atom stereocenters. The Hall–Kier alpha value is -2.98. The molecule has 8 nitrogen and oxygen atoms in total. The van der Waals surface area contributed by atoms with Gasteiger partial charge in [0.25, 0.3) is 5.91 Å². The number of para-hydroxylation sites is 1. The van der Waals surface area contributed by atoms with E-state index in [0.717, 1.165) is 23.3 Å². The molecule has 0 saturated heterocycles. The molecule has 154 valence electrons. The summed E-state index contributed by atoms with van der Waals surface area (Å²) in [5, 5.41) is 11.5. The molecule has 0 bridgehead atoms. The lowest BCUT2D eigenvalue weighted by Gasteiger charge is -2.06. The molecule has 1 aromatic carbocycles. The number of H-pyrrole nitrogens is 1. The summed E-state index contributed by atoms with van der Waals surface area (Å²) in [7, 11) is 0. The van der Waals surface area contributed by atoms with E-state index in [-0.39, 0.29) is 5.91 Å². The molecule has 10 heteroatoms. The maximum Gasteiger partial charge on any atom is 0.287 e. The summed E-state index contributed by atoms with van der Waals surface area (Å²) in [5.74, 6) is 1.39. The van der Waals surface area contributed by atoms with Gasteiger partial charge < -0.3 is 14.3 Å². The van der Waals surface area contributed by atoms with E-state index in [2.05, 4.69) is 25.5 Å². The fourth-order valence-corrected chi connectivity index (χ4v) is 4.27. The molecule has 30 heavy (non-hydrogen) atoms. The van der Waals surface area contributed by atoms with Gasteiger partial charge in [-0.1, -0.05) is 30.0 Å². The number of nitrogens with one attached hydrogen (secondary N) is 2. The number of hydrogen-bond acceptors (Lipinski definition) is 7. The second kappa shape index (κ2) is 9.23. The van der Waals surface area contributed by atoms with E-state index in [1.54, 1.807) is 18.5 Å². The van der Waals surface area contributed by atoms with E-state index in [4.69, 9.17) is 16.6 Å². The predicted molar refractivity (Wildman–Crippen MR) is 117 cm³/mol. The Labute approximate surface area is 182 Å². The topological polar surface area (TPSA) is 102 Å². The van der Waals surface area contributed by atoms with Gasteiger partial charge in [-0.15, -0.1) is 0 Å². The van der Waals surface area contributed by atoms with E-state index >= 15 is 0 Å². The van der Waals surface area contributed by atoms with Crippen molar-refractivity contribution >= 4 is 40.9 Å². The van der Waals surface area contributed by atoms with Crippen molar-refractivity contribution in [3.05, 3.63) is 64.6 Å². The van der Waals surface area contributed by atoms with Crippen LogP contribution in [0.2, 0.25) is 0 Å². The van der Waals surface area contributed by atoms with E-state index in [0.29, 0.717) is 40.0 Å². The highest BCUT2D eigenvalue weighted by Gasteiger charge is 2.21. The Morgan fingerprint density at radius 3 is 2.87 bits per heavy atom. The number of carbonyl (C=O) groups excluding carboxylic acids is 1. The molecule has 3 aromatic heterocycles. The maximum absolute atomic E-state index is 12.9. The molecular weight excluding hydrogens is 420 g/mol. The Morgan fingerprint density at radius 2 is 2.07 bits per heavy atom. The molecule has 0 aliphatic rings. The van der Waals surface area contributed by atoms with Gasteiger partial charge >= 0.3 is 0 Å². The first-order valence-corrected chi connectivity index (χ1v) is 10.9. The zero-order valence-corrected chi connectivity index (χ0v) is 17.9. The van der Waals surface area contributed by atoms with Crippen molar-refractivity contribution in [1.82, 2.24) is 30.0 Å². The number of fused-ring (bicyclic) bond motifs is 1. The number of thioether (sulfide) groups is 1. The number of rotatable bonds is 8. The molecule has 0 aliphatic carbocycles. The van der Waals surface area contributed by atoms with Crippen molar-refractivity contribution in [3.63, 3.8) is 0 Å². The van der Waals surface area contributed by atoms with Crippen LogP contribution in [0, 0.1) is 4.77 Å². The quantitative estimate of drug-likeness (QED) is 0.244. The molecule has 4 rings (SSSR count). The fourth-order valence-electron chi connectivity index (χ4n) is 3.16. The van der Waals surface area contributed by atoms with E-state index in [1.165, 1.54) is 11.8 Å². The molecule has 1 amide bonds. The van der Waals surface area contributed by atoms with E-state index in [9.17, 15) is 4.79 Å². The van der Waals surface area contributed by atoms with Crippen molar-refractivity contribution in [2.24, 2.45) is 0 Å². The van der Waals surface area contributed by atoms with E-state index < -0.39 is 0 Å². The van der Waals surface area contributed by atoms with Crippen molar-refractivity contribution < 1.29 is 9.21 Å². The highest BCUT2D eigenvalue weighted by atomic mass is 32.2. The minimum atomic E-state index is -0.257. The molecule has 0 saturated carbocycles. The van der Waals surface area contributed by atoms with Crippen LogP contribution in [0.3, 0.4) is 0 Å². The lowest BCUT2D eigenvalue weighted by molar-refractivity contribution is 0.0927. The molecule has 2 N–H and O–H groups in total. The third kappa shape index (κ3) is 4.29. The predicted octanol–water partition coefficient (Wildman–Crippen LogP) is 3.76. The first-order chi connectivity index (χ1) is 14.7. The number of benzene rings is 1. The van der Waals surface area contributed by atoms with Crippen molar-refractivity contribution in [1.29, 1.82) is 0 Å². The zero-order chi connectivity index (χ0) is 20.9. The molecule has 0 spiro atoms. The van der Waals surface area contributed by atoms with Crippen LogP contribution in [-0.4, -0.2) is 37.2 Å². The molecule has 0 fully saturated rings. The Balaban J connectivity index is 1.50. The Morgan fingerprint density at radius 1 is 1.27 bits per heavy atom. The average molecular weight is 441 g/mol.